The number of carbonyl (C=O) groups excluding carboxylic acids is 3. The van der Waals surface area contributed by atoms with Gasteiger partial charge in [0.25, 0.3) is 11.8 Å². The second-order valence-corrected chi connectivity index (χ2v) is 7.00. The first kappa shape index (κ1) is 20.0. The smallest absolute Gasteiger partial charge is 0.258 e. The molecule has 0 aliphatic carbocycles. The van der Waals surface area contributed by atoms with Crippen molar-refractivity contribution < 1.29 is 18.8 Å². The summed E-state index contributed by atoms with van der Waals surface area (Å²) < 4.78 is 14.2. The highest BCUT2D eigenvalue weighted by molar-refractivity contribution is 6.05. The molecule has 1 aliphatic rings. The zero-order chi connectivity index (χ0) is 22.1. The van der Waals surface area contributed by atoms with Crippen LogP contribution in [-0.4, -0.2) is 29.8 Å². The quantitative estimate of drug-likeness (QED) is 0.601. The third kappa shape index (κ3) is 3.80. The Labute approximate surface area is 176 Å². The fraction of sp³-hybridized carbons (Fsp3) is 0.0909. The zero-order valence-electron chi connectivity index (χ0n) is 16.4. The molecule has 0 bridgehead atoms. The Morgan fingerprint density at radius 1 is 1.16 bits per heavy atom. The van der Waals surface area contributed by atoms with Crippen molar-refractivity contribution in [2.75, 3.05) is 17.3 Å². The molecule has 2 aromatic carbocycles. The van der Waals surface area contributed by atoms with E-state index in [1.54, 1.807) is 42.6 Å². The van der Waals surface area contributed by atoms with Crippen LogP contribution in [-0.2, 0) is 0 Å². The van der Waals surface area contributed by atoms with Crippen molar-refractivity contribution in [1.82, 2.24) is 10.3 Å². The molecule has 8 nitrogen and oxygen atoms in total. The SMILES string of the molecule is CN1c2ncccc2C(=O)N[C@@H]1c1ccc(NC(=O)c2ccc(C(N)=O)cc2F)cc1. The van der Waals surface area contributed by atoms with Gasteiger partial charge >= 0.3 is 0 Å². The number of amides is 3. The molecular weight excluding hydrogens is 401 g/mol. The third-order valence-electron chi connectivity index (χ3n) is 5.00. The van der Waals surface area contributed by atoms with E-state index < -0.39 is 23.8 Å². The maximum atomic E-state index is 14.2. The van der Waals surface area contributed by atoms with Gasteiger partial charge in [-0.15, -0.1) is 0 Å². The maximum Gasteiger partial charge on any atom is 0.258 e. The predicted molar refractivity (Wildman–Crippen MR) is 112 cm³/mol. The number of halogens is 1. The number of hydrogen-bond donors (Lipinski definition) is 3. The first-order valence-electron chi connectivity index (χ1n) is 9.34. The topological polar surface area (TPSA) is 117 Å². The second-order valence-electron chi connectivity index (χ2n) is 7.00. The van der Waals surface area contributed by atoms with Crippen LogP contribution in [0.4, 0.5) is 15.9 Å². The molecular formula is C22H18FN5O3. The second kappa shape index (κ2) is 7.86. The lowest BCUT2D eigenvalue weighted by atomic mass is 10.1. The summed E-state index contributed by atoms with van der Waals surface area (Å²) in [6.45, 7) is 0. The Kier molecular flexibility index (Phi) is 5.08. The number of benzene rings is 2. The largest absolute Gasteiger partial charge is 0.366 e. The molecule has 4 N–H and O–H groups in total. The molecule has 0 saturated carbocycles. The van der Waals surface area contributed by atoms with Crippen LogP contribution >= 0.6 is 0 Å². The van der Waals surface area contributed by atoms with Crippen LogP contribution in [0.15, 0.2) is 60.8 Å². The third-order valence-corrected chi connectivity index (χ3v) is 5.00. The molecule has 0 radical (unpaired) electrons. The lowest BCUT2D eigenvalue weighted by Gasteiger charge is -2.35. The van der Waals surface area contributed by atoms with Crippen LogP contribution in [0.1, 0.15) is 42.8 Å². The van der Waals surface area contributed by atoms with Crippen molar-refractivity contribution in [3.8, 4) is 0 Å². The van der Waals surface area contributed by atoms with Crippen LogP contribution in [0.2, 0.25) is 0 Å². The van der Waals surface area contributed by atoms with Crippen molar-refractivity contribution in [2.24, 2.45) is 5.73 Å². The van der Waals surface area contributed by atoms with E-state index in [2.05, 4.69) is 15.6 Å². The highest BCUT2D eigenvalue weighted by atomic mass is 19.1. The normalized spacial score (nSPS) is 15.1. The van der Waals surface area contributed by atoms with Crippen LogP contribution in [0, 0.1) is 5.82 Å². The summed E-state index contributed by atoms with van der Waals surface area (Å²) in [5.74, 6) is -1.94. The average Bonchev–Trinajstić information content (AvgIpc) is 2.76. The number of fused-ring (bicyclic) bond motifs is 1. The minimum absolute atomic E-state index is 0.0203. The maximum absolute atomic E-state index is 14.2. The van der Waals surface area contributed by atoms with Gasteiger partial charge in [-0.2, -0.15) is 0 Å². The predicted octanol–water partition coefficient (Wildman–Crippen LogP) is 2.45. The van der Waals surface area contributed by atoms with E-state index in [1.807, 2.05) is 11.9 Å². The number of anilines is 2. The van der Waals surface area contributed by atoms with Crippen LogP contribution in [0.25, 0.3) is 0 Å². The molecule has 0 saturated heterocycles. The summed E-state index contributed by atoms with van der Waals surface area (Å²) in [4.78, 5) is 42.0. The van der Waals surface area contributed by atoms with Crippen molar-refractivity contribution in [2.45, 2.75) is 6.17 Å². The molecule has 31 heavy (non-hydrogen) atoms. The summed E-state index contributed by atoms with van der Waals surface area (Å²) in [6.07, 6.45) is 1.19. The highest BCUT2D eigenvalue weighted by Gasteiger charge is 2.30. The van der Waals surface area contributed by atoms with E-state index in [1.165, 1.54) is 12.1 Å². The van der Waals surface area contributed by atoms with Gasteiger partial charge in [0, 0.05) is 24.5 Å². The molecule has 0 fully saturated rings. The molecule has 156 valence electrons. The Hall–Kier alpha value is -4.27. The van der Waals surface area contributed by atoms with Crippen LogP contribution < -0.4 is 21.3 Å². The molecule has 3 amide bonds. The number of nitrogens with one attached hydrogen (secondary N) is 2. The molecule has 1 aromatic heterocycles. The summed E-state index contributed by atoms with van der Waals surface area (Å²) in [6, 6.07) is 13.6. The van der Waals surface area contributed by atoms with Gasteiger partial charge in [-0.25, -0.2) is 9.37 Å². The fourth-order valence-electron chi connectivity index (χ4n) is 3.38. The number of pyridine rings is 1. The molecule has 1 atom stereocenters. The summed E-state index contributed by atoms with van der Waals surface area (Å²) in [5.41, 5.74) is 6.60. The number of rotatable bonds is 4. The summed E-state index contributed by atoms with van der Waals surface area (Å²) >= 11 is 0. The van der Waals surface area contributed by atoms with Crippen molar-refractivity contribution in [1.29, 1.82) is 0 Å². The van der Waals surface area contributed by atoms with Gasteiger partial charge in [0.1, 0.15) is 17.8 Å². The van der Waals surface area contributed by atoms with Gasteiger partial charge in [0.2, 0.25) is 5.91 Å². The van der Waals surface area contributed by atoms with Gasteiger partial charge in [0.15, 0.2) is 0 Å². The molecule has 2 heterocycles. The van der Waals surface area contributed by atoms with Crippen molar-refractivity contribution in [3.05, 3.63) is 88.9 Å². The first-order valence-corrected chi connectivity index (χ1v) is 9.34. The van der Waals surface area contributed by atoms with Gasteiger partial charge in [-0.1, -0.05) is 12.1 Å². The molecule has 4 rings (SSSR count). The van der Waals surface area contributed by atoms with Gasteiger partial charge < -0.3 is 21.3 Å². The lowest BCUT2D eigenvalue weighted by molar-refractivity contribution is 0.0926. The number of hydrogen-bond acceptors (Lipinski definition) is 5. The number of nitrogens with two attached hydrogens (primary N) is 1. The first-order chi connectivity index (χ1) is 14.8. The monoisotopic (exact) mass is 419 g/mol. The molecule has 3 aromatic rings. The van der Waals surface area contributed by atoms with E-state index >= 15 is 0 Å². The van der Waals surface area contributed by atoms with Gasteiger partial charge in [-0.05, 0) is 48.0 Å². The van der Waals surface area contributed by atoms with E-state index in [9.17, 15) is 18.8 Å². The Bertz CT molecular complexity index is 1200. The summed E-state index contributed by atoms with van der Waals surface area (Å²) in [5, 5.41) is 5.52. The summed E-state index contributed by atoms with van der Waals surface area (Å²) in [7, 11) is 1.82. The van der Waals surface area contributed by atoms with Gasteiger partial charge in [-0.3, -0.25) is 14.4 Å². The van der Waals surface area contributed by atoms with E-state index in [0.29, 0.717) is 17.1 Å². The highest BCUT2D eigenvalue weighted by Crippen LogP contribution is 2.30. The van der Waals surface area contributed by atoms with Gasteiger partial charge in [0.05, 0.1) is 11.1 Å². The lowest BCUT2D eigenvalue weighted by Crippen LogP contribution is -2.45. The minimum atomic E-state index is -0.844. The molecule has 0 spiro atoms. The fourth-order valence-corrected chi connectivity index (χ4v) is 3.38. The van der Waals surface area contributed by atoms with E-state index in [4.69, 9.17) is 5.73 Å². The van der Waals surface area contributed by atoms with E-state index in [-0.39, 0.29) is 17.0 Å². The minimum Gasteiger partial charge on any atom is -0.366 e. The number of carbonyl (C=O) groups is 3. The van der Waals surface area contributed by atoms with Crippen molar-refractivity contribution >= 4 is 29.2 Å². The number of primary amides is 1. The number of nitrogens with zero attached hydrogens (tertiary/aromatic N) is 2. The zero-order valence-corrected chi connectivity index (χ0v) is 16.4. The molecule has 1 aliphatic heterocycles. The molecule has 9 heteroatoms. The molecule has 0 unspecified atom stereocenters. The Morgan fingerprint density at radius 2 is 1.90 bits per heavy atom. The van der Waals surface area contributed by atoms with Crippen LogP contribution in [0.3, 0.4) is 0 Å². The Morgan fingerprint density at radius 3 is 2.58 bits per heavy atom. The standard InChI is InChI=1S/C22H18FN5O3/c1-28-19(27-22(31)16-3-2-10-25-20(16)28)12-4-7-14(8-5-12)26-21(30)15-9-6-13(18(24)29)11-17(15)23/h2-11,19H,1H3,(H2,24,29)(H,26,30)(H,27,31)/t19-/m0/s1. The van der Waals surface area contributed by atoms with Crippen LogP contribution in [0.5, 0.6) is 0 Å². The Balaban J connectivity index is 1.51. The van der Waals surface area contributed by atoms with E-state index in [0.717, 1.165) is 11.6 Å². The average molecular weight is 419 g/mol. The number of aromatic nitrogens is 1. The van der Waals surface area contributed by atoms with Crippen molar-refractivity contribution in [3.63, 3.8) is 0 Å².